The van der Waals surface area contributed by atoms with E-state index < -0.39 is 0 Å². The number of phenolic OH excluding ortho intramolecular Hbond substituents is 1. The van der Waals surface area contributed by atoms with Crippen LogP contribution in [0.15, 0.2) is 24.3 Å². The van der Waals surface area contributed by atoms with Gasteiger partial charge < -0.3 is 10.0 Å². The molecule has 6 heteroatoms. The van der Waals surface area contributed by atoms with E-state index in [2.05, 4.69) is 28.5 Å². The second-order valence-electron chi connectivity index (χ2n) is 8.77. The quantitative estimate of drug-likeness (QED) is 0.836. The van der Waals surface area contributed by atoms with Gasteiger partial charge in [-0.15, -0.1) is 0 Å². The van der Waals surface area contributed by atoms with Crippen molar-refractivity contribution in [3.63, 3.8) is 0 Å². The molecule has 0 aromatic heterocycles. The van der Waals surface area contributed by atoms with E-state index in [4.69, 9.17) is 5.11 Å². The number of likely N-dealkylation sites (tertiary alicyclic amines) is 1. The Morgan fingerprint density at radius 2 is 1.69 bits per heavy atom. The maximum absolute atomic E-state index is 12.9. The Balaban J connectivity index is 0.000000252. The Labute approximate surface area is 174 Å². The summed E-state index contributed by atoms with van der Waals surface area (Å²) >= 11 is 0. The van der Waals surface area contributed by atoms with E-state index in [1.54, 1.807) is 0 Å². The molecule has 5 nitrogen and oxygen atoms in total. The van der Waals surface area contributed by atoms with Gasteiger partial charge >= 0.3 is 0 Å². The van der Waals surface area contributed by atoms with Crippen molar-refractivity contribution in [2.24, 2.45) is 0 Å². The predicted octanol–water partition coefficient (Wildman–Crippen LogP) is 3.48. The van der Waals surface area contributed by atoms with Gasteiger partial charge in [-0.3, -0.25) is 14.6 Å². The molecule has 2 aliphatic heterocycles. The van der Waals surface area contributed by atoms with E-state index >= 15 is 0 Å². The molecule has 2 heterocycles. The molecule has 1 aromatic rings. The van der Waals surface area contributed by atoms with Gasteiger partial charge in [-0.1, -0.05) is 6.42 Å². The lowest BCUT2D eigenvalue weighted by Crippen LogP contribution is -2.49. The van der Waals surface area contributed by atoms with Crippen LogP contribution >= 0.6 is 0 Å². The van der Waals surface area contributed by atoms with Crippen molar-refractivity contribution in [3.8, 4) is 5.75 Å². The van der Waals surface area contributed by atoms with Gasteiger partial charge in [-0.25, -0.2) is 4.39 Å². The normalized spacial score (nSPS) is 24.0. The van der Waals surface area contributed by atoms with Crippen LogP contribution in [0.25, 0.3) is 0 Å². The average Bonchev–Trinajstić information content (AvgIpc) is 3.04. The van der Waals surface area contributed by atoms with E-state index in [0.29, 0.717) is 11.9 Å². The maximum atomic E-state index is 12.9. The number of phenols is 1. The summed E-state index contributed by atoms with van der Waals surface area (Å²) in [5, 5.41) is 8.59. The molecular formula is C23H36FN3O2. The molecule has 4 rings (SSSR count). The minimum absolute atomic E-state index is 0.0893. The van der Waals surface area contributed by atoms with E-state index in [1.165, 1.54) is 56.5 Å². The standard InChI is InChI=1S/C17H31N3O.C6H5FO/c1-14(2)20-11-4-8-16(20)17(21)19-10-5-9-18(12-13-19)15-6-3-7-15;7-5-1-3-6(8)4-2-5/h14-16H,3-13H2,1-2H3;1-4,8H/t16-;/m1./s1. The lowest BCUT2D eigenvalue weighted by atomic mass is 9.91. The van der Waals surface area contributed by atoms with Crippen LogP contribution in [0.4, 0.5) is 4.39 Å². The van der Waals surface area contributed by atoms with Crippen molar-refractivity contribution in [2.75, 3.05) is 32.7 Å². The maximum Gasteiger partial charge on any atom is 0.239 e. The molecule has 0 radical (unpaired) electrons. The monoisotopic (exact) mass is 405 g/mol. The fraction of sp³-hybridized carbons (Fsp3) is 0.696. The van der Waals surface area contributed by atoms with Crippen molar-refractivity contribution in [1.29, 1.82) is 0 Å². The Morgan fingerprint density at radius 3 is 2.28 bits per heavy atom. The van der Waals surface area contributed by atoms with Crippen molar-refractivity contribution >= 4 is 5.91 Å². The fourth-order valence-corrected chi connectivity index (χ4v) is 4.60. The zero-order valence-electron chi connectivity index (χ0n) is 17.9. The smallest absolute Gasteiger partial charge is 0.239 e. The fourth-order valence-electron chi connectivity index (χ4n) is 4.60. The third kappa shape index (κ3) is 5.92. The molecule has 2 saturated heterocycles. The van der Waals surface area contributed by atoms with Crippen LogP contribution in [-0.2, 0) is 4.79 Å². The molecule has 162 valence electrons. The third-order valence-corrected chi connectivity index (χ3v) is 6.50. The van der Waals surface area contributed by atoms with Crippen LogP contribution in [0, 0.1) is 5.82 Å². The second-order valence-corrected chi connectivity index (χ2v) is 8.77. The predicted molar refractivity (Wildman–Crippen MR) is 113 cm³/mol. The van der Waals surface area contributed by atoms with Crippen LogP contribution in [-0.4, -0.2) is 76.6 Å². The van der Waals surface area contributed by atoms with Gasteiger partial charge in [0.25, 0.3) is 0 Å². The summed E-state index contributed by atoms with van der Waals surface area (Å²) in [7, 11) is 0. The molecule has 0 unspecified atom stereocenters. The highest BCUT2D eigenvalue weighted by atomic mass is 19.1. The highest BCUT2D eigenvalue weighted by Crippen LogP contribution is 2.26. The number of aromatic hydroxyl groups is 1. The summed E-state index contributed by atoms with van der Waals surface area (Å²) in [4.78, 5) is 20.1. The number of benzene rings is 1. The Hall–Kier alpha value is -1.66. The Bertz CT molecular complexity index is 627. The Morgan fingerprint density at radius 1 is 0.966 bits per heavy atom. The van der Waals surface area contributed by atoms with Gasteiger partial charge in [-0.05, 0) is 76.8 Å². The van der Waals surface area contributed by atoms with Gasteiger partial charge in [0.1, 0.15) is 11.6 Å². The molecule has 29 heavy (non-hydrogen) atoms. The largest absolute Gasteiger partial charge is 0.508 e. The van der Waals surface area contributed by atoms with Crippen LogP contribution in [0.2, 0.25) is 0 Å². The van der Waals surface area contributed by atoms with Gasteiger partial charge in [0.05, 0.1) is 6.04 Å². The summed E-state index contributed by atoms with van der Waals surface area (Å²) in [6.07, 6.45) is 7.53. The topological polar surface area (TPSA) is 47.0 Å². The first-order chi connectivity index (χ1) is 14.0. The van der Waals surface area contributed by atoms with Crippen LogP contribution < -0.4 is 0 Å². The van der Waals surface area contributed by atoms with Crippen molar-refractivity contribution < 1.29 is 14.3 Å². The van der Waals surface area contributed by atoms with Crippen molar-refractivity contribution in [3.05, 3.63) is 30.1 Å². The van der Waals surface area contributed by atoms with Gasteiger partial charge in [-0.2, -0.15) is 0 Å². The lowest BCUT2D eigenvalue weighted by molar-refractivity contribution is -0.136. The molecule has 1 amide bonds. The summed E-state index contributed by atoms with van der Waals surface area (Å²) < 4.78 is 12.0. The van der Waals surface area contributed by atoms with E-state index in [1.807, 2.05) is 0 Å². The number of amides is 1. The molecule has 0 bridgehead atoms. The summed E-state index contributed by atoms with van der Waals surface area (Å²) in [6, 6.07) is 6.47. The summed E-state index contributed by atoms with van der Waals surface area (Å²) in [5.41, 5.74) is 0. The highest BCUT2D eigenvalue weighted by Gasteiger charge is 2.36. The van der Waals surface area contributed by atoms with E-state index in [0.717, 1.165) is 45.1 Å². The van der Waals surface area contributed by atoms with E-state index in [-0.39, 0.29) is 17.6 Å². The first kappa shape index (κ1) is 22.0. The number of hydrogen-bond donors (Lipinski definition) is 1. The molecule has 1 atom stereocenters. The van der Waals surface area contributed by atoms with Crippen LogP contribution in [0.3, 0.4) is 0 Å². The molecule has 1 aromatic carbocycles. The SMILES string of the molecule is CC(C)N1CCC[C@@H]1C(=O)N1CCCN(C2CCC2)CC1.Oc1ccc(F)cc1. The van der Waals surface area contributed by atoms with Crippen molar-refractivity contribution in [1.82, 2.24) is 14.7 Å². The Kier molecular flexibility index (Phi) is 7.90. The van der Waals surface area contributed by atoms with Gasteiger partial charge in [0.15, 0.2) is 0 Å². The first-order valence-corrected chi connectivity index (χ1v) is 11.2. The molecule has 3 fully saturated rings. The number of hydrogen-bond acceptors (Lipinski definition) is 4. The summed E-state index contributed by atoms with van der Waals surface area (Å²) in [5.74, 6) is 0.158. The molecule has 1 saturated carbocycles. The van der Waals surface area contributed by atoms with Crippen molar-refractivity contribution in [2.45, 2.75) is 70.5 Å². The van der Waals surface area contributed by atoms with Crippen LogP contribution in [0.1, 0.15) is 52.4 Å². The molecule has 1 N–H and O–H groups in total. The number of carbonyl (C=O) groups excluding carboxylic acids is 1. The zero-order valence-corrected chi connectivity index (χ0v) is 17.9. The number of halogens is 1. The molecule has 1 aliphatic carbocycles. The van der Waals surface area contributed by atoms with Gasteiger partial charge in [0.2, 0.25) is 5.91 Å². The second kappa shape index (κ2) is 10.4. The third-order valence-electron chi connectivity index (χ3n) is 6.50. The molecule has 0 spiro atoms. The zero-order chi connectivity index (χ0) is 20.8. The number of nitrogens with zero attached hydrogens (tertiary/aromatic N) is 3. The minimum atomic E-state index is -0.331. The number of carbonyl (C=O) groups is 1. The molecule has 3 aliphatic rings. The molecular weight excluding hydrogens is 369 g/mol. The number of rotatable bonds is 3. The highest BCUT2D eigenvalue weighted by molar-refractivity contribution is 5.82. The summed E-state index contributed by atoms with van der Waals surface area (Å²) in [6.45, 7) is 9.70. The first-order valence-electron chi connectivity index (χ1n) is 11.2. The lowest BCUT2D eigenvalue weighted by Gasteiger charge is -2.37. The average molecular weight is 406 g/mol. The van der Waals surface area contributed by atoms with Gasteiger partial charge in [0, 0.05) is 38.3 Å². The van der Waals surface area contributed by atoms with Crippen LogP contribution in [0.5, 0.6) is 5.75 Å². The minimum Gasteiger partial charge on any atom is -0.508 e. The van der Waals surface area contributed by atoms with E-state index in [9.17, 15) is 9.18 Å².